The van der Waals surface area contributed by atoms with E-state index in [0.29, 0.717) is 5.92 Å². The van der Waals surface area contributed by atoms with Crippen molar-refractivity contribution in [3.63, 3.8) is 0 Å². The van der Waals surface area contributed by atoms with E-state index in [0.717, 1.165) is 30.3 Å². The van der Waals surface area contributed by atoms with Gasteiger partial charge in [-0.05, 0) is 31.8 Å². The molecule has 0 aromatic carbocycles. The van der Waals surface area contributed by atoms with Crippen molar-refractivity contribution in [3.8, 4) is 11.4 Å². The number of piperidine rings is 3. The van der Waals surface area contributed by atoms with Crippen LogP contribution in [0, 0.1) is 5.92 Å². The summed E-state index contributed by atoms with van der Waals surface area (Å²) in [7, 11) is 0. The molecule has 0 radical (unpaired) electrons. The second kappa shape index (κ2) is 5.69. The number of anilines is 1. The second-order valence-electron chi connectivity index (χ2n) is 7.10. The number of fused-ring (bicyclic) bond motifs is 2. The van der Waals surface area contributed by atoms with Gasteiger partial charge in [0, 0.05) is 25.0 Å². The van der Waals surface area contributed by atoms with Crippen LogP contribution in [0.3, 0.4) is 0 Å². The number of hydrogen-bond donors (Lipinski definition) is 1. The first-order valence-electron chi connectivity index (χ1n) is 8.74. The third-order valence-corrected chi connectivity index (χ3v) is 5.70. The van der Waals surface area contributed by atoms with Gasteiger partial charge < -0.3 is 14.5 Å². The lowest BCUT2D eigenvalue weighted by Gasteiger charge is -2.50. The van der Waals surface area contributed by atoms with E-state index in [9.17, 15) is 0 Å². The molecular weight excluding hydrogens is 318 g/mol. The number of ether oxygens (including phenoxy) is 1. The van der Waals surface area contributed by atoms with E-state index in [1.54, 1.807) is 24.9 Å². The van der Waals surface area contributed by atoms with Crippen LogP contribution in [0.4, 0.5) is 5.82 Å². The highest BCUT2D eigenvalue weighted by atomic mass is 16.6. The van der Waals surface area contributed by atoms with Crippen molar-refractivity contribution < 1.29 is 4.74 Å². The number of rotatable bonds is 2. The van der Waals surface area contributed by atoms with E-state index in [2.05, 4.69) is 24.8 Å². The van der Waals surface area contributed by atoms with Crippen molar-refractivity contribution in [2.45, 2.75) is 24.8 Å². The van der Waals surface area contributed by atoms with Gasteiger partial charge in [-0.2, -0.15) is 0 Å². The topological polar surface area (TPSA) is 93.3 Å². The van der Waals surface area contributed by atoms with E-state index >= 15 is 0 Å². The van der Waals surface area contributed by atoms with Gasteiger partial charge in [0.15, 0.2) is 6.35 Å². The van der Waals surface area contributed by atoms with E-state index in [1.165, 1.54) is 25.9 Å². The molecule has 4 aliphatic rings. The number of aromatic nitrogens is 4. The van der Waals surface area contributed by atoms with Crippen LogP contribution in [0.2, 0.25) is 0 Å². The standard InChI is InChI=1S/C17H21N7O/c18-16-24(10-17(25-16)9-23-5-1-12(17)2-6-23)15-7-13(21-11-22-15)14-8-19-3-4-20-14/h3-4,7-8,11-12,16H,1-2,5-6,9-10,18H2. The summed E-state index contributed by atoms with van der Waals surface area (Å²) in [4.78, 5) is 21.7. The van der Waals surface area contributed by atoms with Crippen LogP contribution in [0.5, 0.6) is 0 Å². The molecule has 8 heteroatoms. The maximum Gasteiger partial charge on any atom is 0.186 e. The van der Waals surface area contributed by atoms with Crippen LogP contribution >= 0.6 is 0 Å². The third-order valence-electron chi connectivity index (χ3n) is 5.70. The quantitative estimate of drug-likeness (QED) is 0.844. The number of nitrogens with two attached hydrogens (primary N) is 1. The molecule has 6 heterocycles. The van der Waals surface area contributed by atoms with Gasteiger partial charge in [-0.15, -0.1) is 0 Å². The lowest BCUT2D eigenvalue weighted by molar-refractivity contribution is -0.137. The molecule has 2 aromatic heterocycles. The van der Waals surface area contributed by atoms with Crippen molar-refractivity contribution >= 4 is 5.82 Å². The monoisotopic (exact) mass is 339 g/mol. The van der Waals surface area contributed by atoms with Crippen molar-refractivity contribution in [2.75, 3.05) is 31.1 Å². The first kappa shape index (κ1) is 15.1. The summed E-state index contributed by atoms with van der Waals surface area (Å²) in [6.45, 7) is 4.08. The van der Waals surface area contributed by atoms with Crippen molar-refractivity contribution in [3.05, 3.63) is 31.0 Å². The van der Waals surface area contributed by atoms with Crippen LogP contribution in [0.15, 0.2) is 31.0 Å². The normalized spacial score (nSPS) is 34.0. The van der Waals surface area contributed by atoms with Gasteiger partial charge in [0.1, 0.15) is 23.4 Å². The Labute approximate surface area is 146 Å². The Morgan fingerprint density at radius 2 is 1.96 bits per heavy atom. The molecule has 4 aliphatic heterocycles. The van der Waals surface area contributed by atoms with E-state index < -0.39 is 6.35 Å². The fraction of sp³-hybridized carbons (Fsp3) is 0.529. The molecule has 2 bridgehead atoms. The Hall–Kier alpha value is -2.16. The van der Waals surface area contributed by atoms with Crippen molar-refractivity contribution in [1.82, 2.24) is 24.8 Å². The molecule has 2 N–H and O–H groups in total. The van der Waals surface area contributed by atoms with Crippen molar-refractivity contribution in [2.24, 2.45) is 11.7 Å². The maximum atomic E-state index is 6.33. The predicted octanol–water partition coefficient (Wildman–Crippen LogP) is 0.477. The minimum atomic E-state index is -0.481. The predicted molar refractivity (Wildman–Crippen MR) is 91.4 cm³/mol. The first-order chi connectivity index (χ1) is 12.2. The highest BCUT2D eigenvalue weighted by Crippen LogP contribution is 2.43. The fourth-order valence-electron chi connectivity index (χ4n) is 4.44. The second-order valence-corrected chi connectivity index (χ2v) is 7.10. The van der Waals surface area contributed by atoms with E-state index in [1.807, 2.05) is 11.0 Å². The SMILES string of the molecule is NC1OC2(CN3CCC2CC3)CN1c1cc(-c2cnccn2)ncn1. The Balaban J connectivity index is 1.44. The molecule has 130 valence electrons. The lowest BCUT2D eigenvalue weighted by atomic mass is 9.75. The Morgan fingerprint density at radius 1 is 1.08 bits per heavy atom. The smallest absolute Gasteiger partial charge is 0.186 e. The minimum Gasteiger partial charge on any atom is -0.335 e. The van der Waals surface area contributed by atoms with Crippen LogP contribution in [0.25, 0.3) is 11.4 Å². The van der Waals surface area contributed by atoms with Crippen molar-refractivity contribution in [1.29, 1.82) is 0 Å². The van der Waals surface area contributed by atoms with Crippen LogP contribution in [-0.4, -0.2) is 63.0 Å². The number of hydrogen-bond acceptors (Lipinski definition) is 8. The molecule has 0 aliphatic carbocycles. The molecule has 1 spiro atoms. The average Bonchev–Trinajstić information content (AvgIpc) is 2.99. The van der Waals surface area contributed by atoms with Crippen LogP contribution in [0.1, 0.15) is 12.8 Å². The first-order valence-corrected chi connectivity index (χ1v) is 8.74. The van der Waals surface area contributed by atoms with Gasteiger partial charge in [0.2, 0.25) is 0 Å². The molecule has 8 nitrogen and oxygen atoms in total. The summed E-state index contributed by atoms with van der Waals surface area (Å²) in [6, 6.07) is 1.91. The molecule has 6 rings (SSSR count). The van der Waals surface area contributed by atoms with Crippen LogP contribution < -0.4 is 10.6 Å². The molecule has 2 unspecified atom stereocenters. The highest BCUT2D eigenvalue weighted by Gasteiger charge is 2.54. The Kier molecular flexibility index (Phi) is 3.44. The van der Waals surface area contributed by atoms with Gasteiger partial charge >= 0.3 is 0 Å². The maximum absolute atomic E-state index is 6.33. The minimum absolute atomic E-state index is 0.173. The Morgan fingerprint density at radius 3 is 2.68 bits per heavy atom. The zero-order valence-corrected chi connectivity index (χ0v) is 14.0. The van der Waals surface area contributed by atoms with Gasteiger partial charge in [0.05, 0.1) is 18.4 Å². The Bertz CT molecular complexity index is 765. The van der Waals surface area contributed by atoms with Gasteiger partial charge in [-0.3, -0.25) is 15.7 Å². The van der Waals surface area contributed by atoms with E-state index in [4.69, 9.17) is 10.5 Å². The summed E-state index contributed by atoms with van der Waals surface area (Å²) in [6.07, 6.45) is 8.45. The molecule has 25 heavy (non-hydrogen) atoms. The largest absolute Gasteiger partial charge is 0.335 e. The van der Waals surface area contributed by atoms with Gasteiger partial charge in [-0.25, -0.2) is 9.97 Å². The molecule has 2 atom stereocenters. The third kappa shape index (κ3) is 2.48. The zero-order valence-electron chi connectivity index (χ0n) is 14.0. The van der Waals surface area contributed by atoms with E-state index in [-0.39, 0.29) is 5.60 Å². The molecule has 0 saturated carbocycles. The summed E-state index contributed by atoms with van der Waals surface area (Å²) in [5, 5.41) is 0. The molecule has 2 aromatic rings. The van der Waals surface area contributed by atoms with Gasteiger partial charge in [-0.1, -0.05) is 0 Å². The summed E-state index contributed by atoms with van der Waals surface area (Å²) in [5.74, 6) is 1.35. The zero-order chi connectivity index (χ0) is 16.9. The molecular formula is C17H21N7O. The summed E-state index contributed by atoms with van der Waals surface area (Å²) >= 11 is 0. The lowest BCUT2D eigenvalue weighted by Crippen LogP contribution is -2.61. The highest BCUT2D eigenvalue weighted by molar-refractivity contribution is 5.58. The summed E-state index contributed by atoms with van der Waals surface area (Å²) in [5.41, 5.74) is 7.62. The molecule has 4 fully saturated rings. The molecule has 4 saturated heterocycles. The summed E-state index contributed by atoms with van der Waals surface area (Å²) < 4.78 is 6.31. The average molecular weight is 339 g/mol. The fourth-order valence-corrected chi connectivity index (χ4v) is 4.44. The van der Waals surface area contributed by atoms with Gasteiger partial charge in [0.25, 0.3) is 0 Å². The number of nitrogens with zero attached hydrogens (tertiary/aromatic N) is 6. The molecule has 0 amide bonds. The van der Waals surface area contributed by atoms with Crippen LogP contribution in [-0.2, 0) is 4.74 Å².